The van der Waals surface area contributed by atoms with E-state index in [1.165, 1.54) is 19.4 Å². The standard InChI is InChI=1S/C22H22ClN5O2/c1-30-20-6-5-15(23)12-18(20)27-22(29)26-17-3-2-4-19-16(17)8-10-28(19)13-14-7-9-25-21(24)11-14/h2-7,9,11-12H,8,10,13H2,1H3,(H2,24,25)(H2,26,27,29)/i13D2. The van der Waals surface area contributed by atoms with Crippen molar-refractivity contribution in [2.24, 2.45) is 0 Å². The molecule has 30 heavy (non-hydrogen) atoms. The van der Waals surface area contributed by atoms with Crippen molar-refractivity contribution in [2.45, 2.75) is 12.9 Å². The second-order valence-electron chi connectivity index (χ2n) is 6.71. The third kappa shape index (κ3) is 4.26. The van der Waals surface area contributed by atoms with Crippen LogP contribution in [0.2, 0.25) is 5.02 Å². The molecule has 4 rings (SSSR count). The van der Waals surface area contributed by atoms with E-state index in [1.807, 2.05) is 6.07 Å². The molecule has 154 valence electrons. The van der Waals surface area contributed by atoms with E-state index in [2.05, 4.69) is 15.6 Å². The van der Waals surface area contributed by atoms with E-state index in [-0.39, 0.29) is 5.82 Å². The van der Waals surface area contributed by atoms with Crippen molar-refractivity contribution in [1.82, 2.24) is 4.98 Å². The Labute approximate surface area is 182 Å². The molecule has 4 N–H and O–H groups in total. The molecule has 2 heterocycles. The zero-order valence-corrected chi connectivity index (χ0v) is 17.0. The van der Waals surface area contributed by atoms with E-state index in [0.29, 0.717) is 46.4 Å². The number of nitrogens with one attached hydrogen (secondary N) is 2. The smallest absolute Gasteiger partial charge is 0.323 e. The number of carbonyl (C=O) groups excluding carboxylic acids is 1. The van der Waals surface area contributed by atoms with Crippen LogP contribution in [-0.4, -0.2) is 24.7 Å². The second-order valence-corrected chi connectivity index (χ2v) is 7.15. The molecule has 0 saturated heterocycles. The van der Waals surface area contributed by atoms with E-state index in [0.717, 1.165) is 5.56 Å². The summed E-state index contributed by atoms with van der Waals surface area (Å²) in [4.78, 5) is 18.3. The maximum absolute atomic E-state index is 12.7. The first-order valence-corrected chi connectivity index (χ1v) is 9.70. The maximum Gasteiger partial charge on any atom is 0.323 e. The summed E-state index contributed by atoms with van der Waals surface area (Å²) in [7, 11) is 1.51. The highest BCUT2D eigenvalue weighted by atomic mass is 35.5. The highest BCUT2D eigenvalue weighted by molar-refractivity contribution is 6.31. The fourth-order valence-corrected chi connectivity index (χ4v) is 3.57. The van der Waals surface area contributed by atoms with Crippen LogP contribution in [0.1, 0.15) is 13.9 Å². The molecule has 1 aromatic heterocycles. The number of aromatic nitrogens is 1. The third-order valence-electron chi connectivity index (χ3n) is 4.73. The van der Waals surface area contributed by atoms with E-state index in [4.69, 9.17) is 24.8 Å². The van der Waals surface area contributed by atoms with Crippen LogP contribution in [0, 0.1) is 0 Å². The van der Waals surface area contributed by atoms with Crippen molar-refractivity contribution in [1.29, 1.82) is 0 Å². The average Bonchev–Trinajstić information content (AvgIpc) is 3.20. The maximum atomic E-state index is 12.7. The molecular formula is C22H22ClN5O2. The number of hydrogen-bond donors (Lipinski definition) is 3. The van der Waals surface area contributed by atoms with Gasteiger partial charge in [0, 0.05) is 41.2 Å². The lowest BCUT2D eigenvalue weighted by Gasteiger charge is -2.20. The van der Waals surface area contributed by atoms with Crippen molar-refractivity contribution in [3.8, 4) is 5.75 Å². The monoisotopic (exact) mass is 425 g/mol. The van der Waals surface area contributed by atoms with Crippen molar-refractivity contribution in [3.63, 3.8) is 0 Å². The summed E-state index contributed by atoms with van der Waals surface area (Å²) < 4.78 is 22.7. The molecule has 0 unspecified atom stereocenters. The minimum atomic E-state index is -1.79. The topological polar surface area (TPSA) is 92.5 Å². The van der Waals surface area contributed by atoms with Crippen LogP contribution in [0.5, 0.6) is 5.75 Å². The molecule has 7 nitrogen and oxygen atoms in total. The van der Waals surface area contributed by atoms with E-state index in [9.17, 15) is 4.79 Å². The molecule has 2 amide bonds. The summed E-state index contributed by atoms with van der Waals surface area (Å²) in [6, 6.07) is 13.0. The lowest BCUT2D eigenvalue weighted by molar-refractivity contribution is 0.262. The number of amides is 2. The predicted octanol–water partition coefficient (Wildman–Crippen LogP) is 4.53. The van der Waals surface area contributed by atoms with Gasteiger partial charge in [0.2, 0.25) is 0 Å². The Morgan fingerprint density at radius 1 is 1.27 bits per heavy atom. The van der Waals surface area contributed by atoms with Gasteiger partial charge in [0.05, 0.1) is 15.5 Å². The third-order valence-corrected chi connectivity index (χ3v) is 4.97. The average molecular weight is 426 g/mol. The number of pyridine rings is 1. The molecule has 0 bridgehead atoms. The molecular weight excluding hydrogens is 402 g/mol. The molecule has 0 aliphatic carbocycles. The number of hydrogen-bond acceptors (Lipinski definition) is 5. The molecule has 8 heteroatoms. The summed E-state index contributed by atoms with van der Waals surface area (Å²) in [5.74, 6) is 0.744. The summed E-state index contributed by atoms with van der Waals surface area (Å²) >= 11 is 6.03. The van der Waals surface area contributed by atoms with Gasteiger partial charge in [-0.3, -0.25) is 0 Å². The van der Waals surface area contributed by atoms with E-state index >= 15 is 0 Å². The van der Waals surface area contributed by atoms with Crippen molar-refractivity contribution >= 4 is 40.5 Å². The van der Waals surface area contributed by atoms with E-state index in [1.54, 1.807) is 41.3 Å². The van der Waals surface area contributed by atoms with Gasteiger partial charge in [0.15, 0.2) is 0 Å². The Morgan fingerprint density at radius 3 is 2.90 bits per heavy atom. The highest BCUT2D eigenvalue weighted by Gasteiger charge is 2.22. The first-order valence-electron chi connectivity index (χ1n) is 10.3. The number of ether oxygens (including phenoxy) is 1. The van der Waals surface area contributed by atoms with Crippen LogP contribution in [-0.2, 0) is 12.9 Å². The SMILES string of the molecule is [2H]C([2H])(c1ccnc(N)c1)N1CCc2c(NC(=O)Nc3cc(Cl)ccc3OC)cccc21. The van der Waals surface area contributed by atoms with Crippen LogP contribution >= 0.6 is 11.6 Å². The quantitative estimate of drug-likeness (QED) is 0.558. The van der Waals surface area contributed by atoms with Crippen LogP contribution in [0.4, 0.5) is 27.7 Å². The van der Waals surface area contributed by atoms with Gasteiger partial charge in [-0.05, 0) is 54.4 Å². The molecule has 1 aliphatic rings. The number of nitrogens with zero attached hydrogens (tertiary/aromatic N) is 2. The van der Waals surface area contributed by atoms with Gasteiger partial charge < -0.3 is 26.0 Å². The first kappa shape index (κ1) is 17.4. The van der Waals surface area contributed by atoms with Crippen molar-refractivity contribution in [3.05, 3.63) is 70.9 Å². The molecule has 0 spiro atoms. The highest BCUT2D eigenvalue weighted by Crippen LogP contribution is 2.35. The van der Waals surface area contributed by atoms with Crippen LogP contribution in [0.25, 0.3) is 0 Å². The van der Waals surface area contributed by atoms with Gasteiger partial charge in [0.25, 0.3) is 0 Å². The molecule has 0 fully saturated rings. The largest absolute Gasteiger partial charge is 0.495 e. The van der Waals surface area contributed by atoms with Gasteiger partial charge in [-0.1, -0.05) is 17.7 Å². The number of methoxy groups -OCH3 is 1. The first-order chi connectivity index (χ1) is 15.3. The Kier molecular flexibility index (Phi) is 4.94. The Hall–Kier alpha value is -3.45. The minimum absolute atomic E-state index is 0.259. The van der Waals surface area contributed by atoms with Crippen molar-refractivity contribution < 1.29 is 12.3 Å². The lowest BCUT2D eigenvalue weighted by Crippen LogP contribution is -2.21. The van der Waals surface area contributed by atoms with Crippen LogP contribution in [0.3, 0.4) is 0 Å². The Morgan fingerprint density at radius 2 is 2.10 bits per heavy atom. The summed E-state index contributed by atoms with van der Waals surface area (Å²) in [5, 5.41) is 6.07. The summed E-state index contributed by atoms with van der Waals surface area (Å²) in [6.45, 7) is -1.34. The Balaban J connectivity index is 1.57. The molecule has 0 atom stereocenters. The lowest BCUT2D eigenvalue weighted by atomic mass is 10.1. The molecule has 3 aromatic rings. The molecule has 2 aromatic carbocycles. The zero-order chi connectivity index (χ0) is 22.9. The molecule has 1 aliphatic heterocycles. The number of halogens is 1. The number of anilines is 4. The minimum Gasteiger partial charge on any atom is -0.495 e. The van der Waals surface area contributed by atoms with Gasteiger partial charge in [-0.2, -0.15) is 0 Å². The predicted molar refractivity (Wildman–Crippen MR) is 120 cm³/mol. The summed E-state index contributed by atoms with van der Waals surface area (Å²) in [6.07, 6.45) is 2.07. The molecule has 0 saturated carbocycles. The molecule has 0 radical (unpaired) electrons. The number of rotatable bonds is 5. The second kappa shape index (κ2) is 8.51. The number of nitrogens with two attached hydrogens (primary N) is 1. The zero-order valence-electron chi connectivity index (χ0n) is 18.3. The normalized spacial score (nSPS) is 13.9. The van der Waals surface area contributed by atoms with Crippen molar-refractivity contribution in [2.75, 3.05) is 34.9 Å². The number of carbonyl (C=O) groups is 1. The van der Waals surface area contributed by atoms with Gasteiger partial charge in [-0.15, -0.1) is 0 Å². The van der Waals surface area contributed by atoms with E-state index < -0.39 is 12.5 Å². The summed E-state index contributed by atoms with van der Waals surface area (Å²) in [5.41, 5.74) is 8.78. The Bertz CT molecular complexity index is 1170. The fourth-order valence-electron chi connectivity index (χ4n) is 3.40. The van der Waals surface area contributed by atoms with Crippen LogP contribution < -0.4 is 26.0 Å². The van der Waals surface area contributed by atoms with Gasteiger partial charge >= 0.3 is 6.03 Å². The number of benzene rings is 2. The number of fused-ring (bicyclic) bond motifs is 1. The number of urea groups is 1. The van der Waals surface area contributed by atoms with Gasteiger partial charge in [0.1, 0.15) is 11.6 Å². The number of nitrogen functional groups attached to an aromatic ring is 1. The van der Waals surface area contributed by atoms with Crippen LogP contribution in [0.15, 0.2) is 54.7 Å². The van der Waals surface area contributed by atoms with Gasteiger partial charge in [-0.25, -0.2) is 9.78 Å². The fraction of sp³-hybridized carbons (Fsp3) is 0.182.